The molecule has 0 aliphatic rings. The molecule has 0 N–H and O–H groups in total. The smallest absolute Gasteiger partial charge is 0.0538 e. The second-order valence-electron chi connectivity index (χ2n) is 16.1. The van der Waals surface area contributed by atoms with Crippen LogP contribution in [-0.2, 0) is 0 Å². The first-order valence-corrected chi connectivity index (χ1v) is 23.2. The summed E-state index contributed by atoms with van der Waals surface area (Å²) in [5.41, 5.74) is 16.6. The average Bonchev–Trinajstić information content (AvgIpc) is 3.90. The molecule has 0 saturated heterocycles. The van der Waals surface area contributed by atoms with E-state index < -0.39 is 0 Å². The molecule has 0 saturated carbocycles. The van der Waals surface area contributed by atoms with Gasteiger partial charge >= 0.3 is 193 Å². The molecule has 2 nitrogen and oxygen atoms in total. The molecule has 0 aliphatic carbocycles. The fraction of sp³-hybridized carbons (Fsp3) is 0. The molecular weight excluding hydrogens is 828 g/mol. The summed E-state index contributed by atoms with van der Waals surface area (Å²) in [5.74, 6) is 0. The minimum Gasteiger partial charge on any atom is -0.0617 e. The van der Waals surface area contributed by atoms with Crippen molar-refractivity contribution in [1.82, 2.24) is 4.57 Å². The van der Waals surface area contributed by atoms with Crippen molar-refractivity contribution in [2.75, 3.05) is 4.90 Å². The number of hydrogen-bond donors (Lipinski definition) is 0. The Morgan fingerprint density at radius 2 is 0.667 bits per heavy atom. The van der Waals surface area contributed by atoms with Crippen molar-refractivity contribution in [1.29, 1.82) is 0 Å². The minimum atomic E-state index is 0.326. The van der Waals surface area contributed by atoms with E-state index in [0.717, 1.165) is 22.7 Å². The summed E-state index contributed by atoms with van der Waals surface area (Å²) in [6.07, 6.45) is 0. The molecule has 296 valence electrons. The van der Waals surface area contributed by atoms with Gasteiger partial charge in [-0.2, -0.15) is 0 Å². The van der Waals surface area contributed by atoms with Crippen molar-refractivity contribution in [3.8, 4) is 50.2 Å². The van der Waals surface area contributed by atoms with Crippen molar-refractivity contribution < 1.29 is 0 Å². The second-order valence-corrected chi connectivity index (χ2v) is 18.4. The normalized spacial score (nSPS) is 11.5. The molecule has 0 fully saturated rings. The maximum atomic E-state index is 2.41. The zero-order valence-electron chi connectivity index (χ0n) is 34.4. The van der Waals surface area contributed by atoms with Crippen LogP contribution in [-0.4, -0.2) is 19.1 Å². The molecule has 2 heterocycles. The SMILES string of the molecule is c1ccc(-c2ccc(-c3ccc(N(c4ccc(-c5ccc6c(c5)[se]c5ccccc56)cc4)c4ccc(-c5ccc6c7ccccc7n(-c7ccccc7)c6c5)cc4)cc3)cc2)cc1. The summed E-state index contributed by atoms with van der Waals surface area (Å²) >= 11 is 0.326. The maximum absolute atomic E-state index is 2.41. The van der Waals surface area contributed by atoms with Crippen LogP contribution in [0.4, 0.5) is 17.1 Å². The van der Waals surface area contributed by atoms with E-state index in [-0.39, 0.29) is 0 Å². The number of fused-ring (bicyclic) bond motifs is 6. The summed E-state index contributed by atoms with van der Waals surface area (Å²) in [6, 6.07) is 88.7. The van der Waals surface area contributed by atoms with Crippen molar-refractivity contribution >= 4 is 72.7 Å². The van der Waals surface area contributed by atoms with Gasteiger partial charge in [-0.25, -0.2) is 0 Å². The standard InChI is InChI=1S/C60H40N2Se/c1-3-11-41(12-4-1)42-19-21-43(22-20-42)44-23-31-50(32-24-44)61(52-35-27-46(28-36-52)48-30-38-56-55-16-8-10-18-59(55)63-60(56)40-48)51-33-25-45(26-34-51)47-29-37-54-53-15-7-9-17-57(53)62(58(54)39-47)49-13-5-2-6-14-49/h1-40H. The Labute approximate surface area is 372 Å². The Bertz CT molecular complexity index is 3570. The van der Waals surface area contributed by atoms with Crippen LogP contribution in [0.2, 0.25) is 0 Å². The van der Waals surface area contributed by atoms with Crippen LogP contribution in [0.25, 0.3) is 91.3 Å². The first-order chi connectivity index (χ1) is 31.2. The van der Waals surface area contributed by atoms with Crippen molar-refractivity contribution in [3.05, 3.63) is 243 Å². The number of benzene rings is 10. The van der Waals surface area contributed by atoms with Gasteiger partial charge < -0.3 is 4.57 Å². The van der Waals surface area contributed by atoms with Crippen LogP contribution in [0.5, 0.6) is 0 Å². The Hall–Kier alpha value is -7.68. The van der Waals surface area contributed by atoms with Crippen LogP contribution in [0, 0.1) is 0 Å². The zero-order chi connectivity index (χ0) is 41.7. The summed E-state index contributed by atoms with van der Waals surface area (Å²) in [5, 5.41) is 5.29. The summed E-state index contributed by atoms with van der Waals surface area (Å²) in [6.45, 7) is 0. The predicted molar refractivity (Wildman–Crippen MR) is 269 cm³/mol. The molecule has 63 heavy (non-hydrogen) atoms. The molecule has 2 aromatic heterocycles. The van der Waals surface area contributed by atoms with E-state index in [2.05, 4.69) is 252 Å². The number of anilines is 3. The van der Waals surface area contributed by atoms with E-state index in [1.165, 1.54) is 85.6 Å². The van der Waals surface area contributed by atoms with Gasteiger partial charge in [0.2, 0.25) is 0 Å². The van der Waals surface area contributed by atoms with Gasteiger partial charge in [-0.3, -0.25) is 0 Å². The maximum Gasteiger partial charge on any atom is -0.0538 e. The van der Waals surface area contributed by atoms with Crippen molar-refractivity contribution in [3.63, 3.8) is 0 Å². The fourth-order valence-electron chi connectivity index (χ4n) is 9.25. The summed E-state index contributed by atoms with van der Waals surface area (Å²) < 4.78 is 5.32. The third-order valence-electron chi connectivity index (χ3n) is 12.4. The monoisotopic (exact) mass is 868 g/mol. The minimum absolute atomic E-state index is 0.326. The number of hydrogen-bond acceptors (Lipinski definition) is 1. The fourth-order valence-corrected chi connectivity index (χ4v) is 11.7. The molecule has 0 atom stereocenters. The first-order valence-electron chi connectivity index (χ1n) is 21.5. The Morgan fingerprint density at radius 1 is 0.270 bits per heavy atom. The van der Waals surface area contributed by atoms with Crippen LogP contribution >= 0.6 is 0 Å². The summed E-state index contributed by atoms with van der Waals surface area (Å²) in [7, 11) is 0. The van der Waals surface area contributed by atoms with Gasteiger partial charge in [-0.1, -0.05) is 103 Å². The van der Waals surface area contributed by atoms with Gasteiger partial charge in [0.05, 0.1) is 11.0 Å². The molecule has 12 aromatic rings. The predicted octanol–water partition coefficient (Wildman–Crippen LogP) is 16.3. The van der Waals surface area contributed by atoms with E-state index in [0.29, 0.717) is 14.5 Å². The number of para-hydroxylation sites is 2. The van der Waals surface area contributed by atoms with Gasteiger partial charge in [-0.15, -0.1) is 0 Å². The van der Waals surface area contributed by atoms with E-state index in [1.807, 2.05) is 0 Å². The Morgan fingerprint density at radius 3 is 1.27 bits per heavy atom. The average molecular weight is 868 g/mol. The van der Waals surface area contributed by atoms with Gasteiger partial charge in [0, 0.05) is 16.5 Å². The third kappa shape index (κ3) is 6.76. The molecule has 0 radical (unpaired) electrons. The number of nitrogens with zero attached hydrogens (tertiary/aromatic N) is 2. The van der Waals surface area contributed by atoms with Crippen molar-refractivity contribution in [2.24, 2.45) is 0 Å². The van der Waals surface area contributed by atoms with Crippen LogP contribution in [0.3, 0.4) is 0 Å². The molecule has 0 spiro atoms. The molecule has 0 bridgehead atoms. The number of aromatic nitrogens is 1. The molecular formula is C60H40N2Se. The Balaban J connectivity index is 0.908. The molecule has 10 aromatic carbocycles. The van der Waals surface area contributed by atoms with Crippen LogP contribution in [0.15, 0.2) is 243 Å². The molecule has 3 heteroatoms. The van der Waals surface area contributed by atoms with Crippen molar-refractivity contribution in [2.45, 2.75) is 0 Å². The third-order valence-corrected chi connectivity index (χ3v) is 14.8. The van der Waals surface area contributed by atoms with Gasteiger partial charge in [0.15, 0.2) is 0 Å². The molecule has 0 amide bonds. The number of rotatable bonds is 8. The zero-order valence-corrected chi connectivity index (χ0v) is 36.1. The summed E-state index contributed by atoms with van der Waals surface area (Å²) in [4.78, 5) is 2.37. The van der Waals surface area contributed by atoms with E-state index in [1.54, 1.807) is 0 Å². The first kappa shape index (κ1) is 37.1. The second kappa shape index (κ2) is 15.7. The topological polar surface area (TPSA) is 8.17 Å². The molecule has 0 unspecified atom stereocenters. The molecule has 0 aliphatic heterocycles. The van der Waals surface area contributed by atoms with Gasteiger partial charge in [0.25, 0.3) is 0 Å². The van der Waals surface area contributed by atoms with Gasteiger partial charge in [-0.05, 0) is 46.5 Å². The van der Waals surface area contributed by atoms with Gasteiger partial charge in [0.1, 0.15) is 0 Å². The van der Waals surface area contributed by atoms with Crippen LogP contribution < -0.4 is 4.90 Å². The molecule has 12 rings (SSSR count). The van der Waals surface area contributed by atoms with E-state index in [4.69, 9.17) is 0 Å². The van der Waals surface area contributed by atoms with E-state index >= 15 is 0 Å². The Kier molecular flexibility index (Phi) is 9.22. The quantitative estimate of drug-likeness (QED) is 0.138. The largest absolute Gasteiger partial charge is 0.0617 e. The van der Waals surface area contributed by atoms with E-state index in [9.17, 15) is 0 Å². The van der Waals surface area contributed by atoms with Crippen LogP contribution in [0.1, 0.15) is 0 Å².